The van der Waals surface area contributed by atoms with Gasteiger partial charge in [0.25, 0.3) is 10.0 Å². The van der Waals surface area contributed by atoms with Crippen molar-refractivity contribution in [3.05, 3.63) is 54.1 Å². The summed E-state index contributed by atoms with van der Waals surface area (Å²) in [5, 5.41) is 9.44. The molecular weight excluding hydrogens is 300 g/mol. The highest BCUT2D eigenvalue weighted by atomic mass is 32.2. The van der Waals surface area contributed by atoms with Gasteiger partial charge in [-0.25, -0.2) is 17.2 Å². The molecule has 0 aliphatic carbocycles. The molecule has 0 aliphatic rings. The van der Waals surface area contributed by atoms with Gasteiger partial charge in [0.2, 0.25) is 0 Å². The van der Waals surface area contributed by atoms with Crippen LogP contribution >= 0.6 is 0 Å². The Morgan fingerprint density at radius 3 is 2.43 bits per heavy atom. The van der Waals surface area contributed by atoms with Crippen LogP contribution in [0.5, 0.6) is 5.75 Å². The molecule has 0 spiro atoms. The van der Waals surface area contributed by atoms with E-state index in [1.807, 2.05) is 0 Å². The summed E-state index contributed by atoms with van der Waals surface area (Å²) >= 11 is 0. The summed E-state index contributed by atoms with van der Waals surface area (Å²) < 4.78 is 52.6. The van der Waals surface area contributed by atoms with E-state index in [0.717, 1.165) is 16.4 Å². The van der Waals surface area contributed by atoms with Crippen molar-refractivity contribution < 1.29 is 22.3 Å². The zero-order chi connectivity index (χ0) is 15.6. The molecule has 21 heavy (non-hydrogen) atoms. The van der Waals surface area contributed by atoms with Crippen LogP contribution in [0.4, 0.5) is 14.5 Å². The minimum atomic E-state index is -4.19. The lowest BCUT2D eigenvalue weighted by atomic mass is 10.3. The van der Waals surface area contributed by atoms with E-state index in [9.17, 15) is 22.3 Å². The molecule has 2 rings (SSSR count). The number of halogens is 2. The Morgan fingerprint density at radius 2 is 1.86 bits per heavy atom. The summed E-state index contributed by atoms with van der Waals surface area (Å²) in [4.78, 5) is -0.617. The van der Waals surface area contributed by atoms with Gasteiger partial charge in [-0.05, 0) is 31.2 Å². The predicted octanol–water partition coefficient (Wildman–Crippen LogP) is 2.89. The highest BCUT2D eigenvalue weighted by Gasteiger charge is 2.27. The lowest BCUT2D eigenvalue weighted by molar-refractivity contribution is 0.475. The third-order valence-electron chi connectivity index (χ3n) is 2.87. The fraction of sp³-hybridized carbons (Fsp3) is 0.143. The van der Waals surface area contributed by atoms with Gasteiger partial charge in [0.15, 0.2) is 0 Å². The van der Waals surface area contributed by atoms with Crippen LogP contribution in [0.2, 0.25) is 0 Å². The van der Waals surface area contributed by atoms with Gasteiger partial charge in [-0.3, -0.25) is 4.31 Å². The van der Waals surface area contributed by atoms with Gasteiger partial charge in [-0.15, -0.1) is 0 Å². The van der Waals surface area contributed by atoms with Crippen LogP contribution in [0.15, 0.2) is 47.4 Å². The maximum Gasteiger partial charge on any atom is 0.267 e. The molecule has 0 unspecified atom stereocenters. The van der Waals surface area contributed by atoms with Crippen LogP contribution in [0.25, 0.3) is 0 Å². The van der Waals surface area contributed by atoms with E-state index in [1.165, 1.54) is 24.3 Å². The van der Waals surface area contributed by atoms with E-state index in [2.05, 4.69) is 0 Å². The second-order valence-electron chi connectivity index (χ2n) is 4.26. The molecule has 1 N–H and O–H groups in total. The minimum Gasteiger partial charge on any atom is -0.508 e. The van der Waals surface area contributed by atoms with Gasteiger partial charge >= 0.3 is 0 Å². The fourth-order valence-corrected chi connectivity index (χ4v) is 3.46. The van der Waals surface area contributed by atoms with Crippen molar-refractivity contribution in [1.29, 1.82) is 0 Å². The Morgan fingerprint density at radius 1 is 1.14 bits per heavy atom. The normalized spacial score (nSPS) is 11.4. The van der Waals surface area contributed by atoms with Crippen molar-refractivity contribution in [3.8, 4) is 5.75 Å². The van der Waals surface area contributed by atoms with Gasteiger partial charge < -0.3 is 5.11 Å². The van der Waals surface area contributed by atoms with Gasteiger partial charge in [0.1, 0.15) is 22.3 Å². The zero-order valence-electron chi connectivity index (χ0n) is 11.1. The van der Waals surface area contributed by atoms with Crippen molar-refractivity contribution in [2.24, 2.45) is 0 Å². The minimum absolute atomic E-state index is 0.0304. The monoisotopic (exact) mass is 313 g/mol. The maximum atomic E-state index is 13.7. The average Bonchev–Trinajstić information content (AvgIpc) is 2.38. The first kappa shape index (κ1) is 15.2. The van der Waals surface area contributed by atoms with Gasteiger partial charge in [-0.1, -0.05) is 6.07 Å². The first-order chi connectivity index (χ1) is 9.86. The average molecular weight is 313 g/mol. The molecule has 0 aliphatic heterocycles. The number of benzene rings is 2. The van der Waals surface area contributed by atoms with Crippen LogP contribution in [0.1, 0.15) is 6.92 Å². The van der Waals surface area contributed by atoms with E-state index < -0.39 is 26.6 Å². The molecule has 4 nitrogen and oxygen atoms in total. The standard InChI is InChI=1S/C14H13F2NO3S/c1-2-17(11-4-3-5-12(18)9-11)21(19,20)14-7-6-10(15)8-13(14)16/h3-9,18H,2H2,1H3. The van der Waals surface area contributed by atoms with Crippen LogP contribution in [0, 0.1) is 11.6 Å². The lowest BCUT2D eigenvalue weighted by Crippen LogP contribution is -2.31. The molecule has 7 heteroatoms. The molecule has 2 aromatic carbocycles. The van der Waals surface area contributed by atoms with E-state index in [4.69, 9.17) is 0 Å². The van der Waals surface area contributed by atoms with Gasteiger partial charge in [-0.2, -0.15) is 0 Å². The Hall–Kier alpha value is -2.15. The van der Waals surface area contributed by atoms with E-state index in [1.54, 1.807) is 6.92 Å². The zero-order valence-corrected chi connectivity index (χ0v) is 11.9. The number of sulfonamides is 1. The maximum absolute atomic E-state index is 13.7. The molecule has 0 heterocycles. The lowest BCUT2D eigenvalue weighted by Gasteiger charge is -2.23. The summed E-state index contributed by atoms with van der Waals surface area (Å²) in [5.41, 5.74) is 0.196. The molecule has 0 saturated heterocycles. The number of phenols is 1. The smallest absolute Gasteiger partial charge is 0.267 e. The summed E-state index contributed by atoms with van der Waals surface area (Å²) in [7, 11) is -4.19. The second kappa shape index (κ2) is 5.69. The molecule has 0 bridgehead atoms. The fourth-order valence-electron chi connectivity index (χ4n) is 1.94. The molecule has 0 amide bonds. The van der Waals surface area contributed by atoms with Crippen LogP contribution < -0.4 is 4.31 Å². The topological polar surface area (TPSA) is 57.6 Å². The van der Waals surface area contributed by atoms with Crippen molar-refractivity contribution in [2.75, 3.05) is 10.8 Å². The molecular formula is C14H13F2NO3S. The SMILES string of the molecule is CCN(c1cccc(O)c1)S(=O)(=O)c1ccc(F)cc1F. The van der Waals surface area contributed by atoms with Crippen LogP contribution in [-0.4, -0.2) is 20.1 Å². The van der Waals surface area contributed by atoms with E-state index in [-0.39, 0.29) is 18.0 Å². The highest BCUT2D eigenvalue weighted by Crippen LogP contribution is 2.27. The van der Waals surface area contributed by atoms with Crippen LogP contribution in [-0.2, 0) is 10.0 Å². The third kappa shape index (κ3) is 2.97. The molecule has 0 radical (unpaired) electrons. The molecule has 112 valence electrons. The third-order valence-corrected chi connectivity index (χ3v) is 4.80. The number of nitrogens with zero attached hydrogens (tertiary/aromatic N) is 1. The van der Waals surface area contributed by atoms with Crippen molar-refractivity contribution in [2.45, 2.75) is 11.8 Å². The first-order valence-corrected chi connectivity index (χ1v) is 7.57. The quantitative estimate of drug-likeness (QED) is 0.944. The number of rotatable bonds is 4. The Labute approximate surface area is 121 Å². The predicted molar refractivity (Wildman–Crippen MR) is 74.7 cm³/mol. The molecule has 2 aromatic rings. The van der Waals surface area contributed by atoms with Crippen molar-refractivity contribution >= 4 is 15.7 Å². The molecule has 0 fully saturated rings. The Bertz CT molecular complexity index is 763. The Balaban J connectivity index is 2.54. The molecule has 0 aromatic heterocycles. The number of anilines is 1. The van der Waals surface area contributed by atoms with Gasteiger partial charge in [0.05, 0.1) is 5.69 Å². The molecule has 0 atom stereocenters. The number of phenolic OH excluding ortho intramolecular Hbond substituents is 1. The van der Waals surface area contributed by atoms with Crippen molar-refractivity contribution in [1.82, 2.24) is 0 Å². The summed E-state index contributed by atoms with van der Waals surface area (Å²) in [5.74, 6) is -2.12. The summed E-state index contributed by atoms with van der Waals surface area (Å²) in [6, 6.07) is 7.87. The number of hydrogen-bond donors (Lipinski definition) is 1. The van der Waals surface area contributed by atoms with Crippen LogP contribution in [0.3, 0.4) is 0 Å². The van der Waals surface area contributed by atoms with E-state index in [0.29, 0.717) is 6.07 Å². The second-order valence-corrected chi connectivity index (χ2v) is 6.10. The Kier molecular flexibility index (Phi) is 4.13. The largest absolute Gasteiger partial charge is 0.508 e. The molecule has 0 saturated carbocycles. The van der Waals surface area contributed by atoms with E-state index >= 15 is 0 Å². The van der Waals surface area contributed by atoms with Crippen molar-refractivity contribution in [3.63, 3.8) is 0 Å². The number of aromatic hydroxyl groups is 1. The summed E-state index contributed by atoms with van der Waals surface area (Å²) in [6.07, 6.45) is 0. The summed E-state index contributed by atoms with van der Waals surface area (Å²) in [6.45, 7) is 1.60. The number of hydrogen-bond acceptors (Lipinski definition) is 3. The highest BCUT2D eigenvalue weighted by molar-refractivity contribution is 7.92. The first-order valence-electron chi connectivity index (χ1n) is 6.13. The van der Waals surface area contributed by atoms with Gasteiger partial charge in [0, 0.05) is 18.7 Å².